The van der Waals surface area contributed by atoms with Crippen molar-refractivity contribution in [2.24, 2.45) is 0 Å². The van der Waals surface area contributed by atoms with E-state index in [0.29, 0.717) is 19.7 Å². The van der Waals surface area contributed by atoms with Crippen molar-refractivity contribution in [3.63, 3.8) is 0 Å². The number of aliphatic carboxylic acids is 1. The van der Waals surface area contributed by atoms with Crippen LogP contribution in [-0.2, 0) is 14.3 Å². The molecule has 0 aromatic carbocycles. The third-order valence-electron chi connectivity index (χ3n) is 3.30. The molecular formula is C11H19N3O4. The largest absolute Gasteiger partial charge is 0.480 e. The molecule has 2 fully saturated rings. The first-order chi connectivity index (χ1) is 8.68. The number of carbonyl (C=O) groups excluding carboxylic acids is 1. The predicted octanol–water partition coefficient (Wildman–Crippen LogP) is -1.80. The summed E-state index contributed by atoms with van der Waals surface area (Å²) in [5, 5.41) is 12.3. The number of hydrogen-bond donors (Lipinski definition) is 2. The highest BCUT2D eigenvalue weighted by Crippen LogP contribution is 2.08. The van der Waals surface area contributed by atoms with Gasteiger partial charge in [-0.15, -0.1) is 0 Å². The second-order valence-electron chi connectivity index (χ2n) is 4.54. The minimum absolute atomic E-state index is 0.0859. The number of rotatable bonds is 3. The van der Waals surface area contributed by atoms with Crippen LogP contribution in [0.4, 0.5) is 0 Å². The first kappa shape index (κ1) is 13.3. The van der Waals surface area contributed by atoms with Gasteiger partial charge in [-0.05, 0) is 0 Å². The number of carboxylic acid groups (broad SMARTS) is 1. The number of morpholine rings is 1. The smallest absolute Gasteiger partial charge is 0.328 e. The molecule has 7 heteroatoms. The summed E-state index contributed by atoms with van der Waals surface area (Å²) in [5.74, 6) is -1.11. The Morgan fingerprint density at radius 1 is 1.28 bits per heavy atom. The van der Waals surface area contributed by atoms with Gasteiger partial charge in [-0.3, -0.25) is 9.69 Å². The van der Waals surface area contributed by atoms with Gasteiger partial charge in [0.25, 0.3) is 0 Å². The van der Waals surface area contributed by atoms with Gasteiger partial charge in [-0.1, -0.05) is 0 Å². The lowest BCUT2D eigenvalue weighted by Gasteiger charge is -2.35. The summed E-state index contributed by atoms with van der Waals surface area (Å²) >= 11 is 0. The van der Waals surface area contributed by atoms with Gasteiger partial charge in [0.1, 0.15) is 0 Å². The van der Waals surface area contributed by atoms with Crippen LogP contribution < -0.4 is 5.32 Å². The predicted molar refractivity (Wildman–Crippen MR) is 63.3 cm³/mol. The highest BCUT2D eigenvalue weighted by molar-refractivity contribution is 5.85. The van der Waals surface area contributed by atoms with Crippen LogP contribution in [0.3, 0.4) is 0 Å². The van der Waals surface area contributed by atoms with Crippen LogP contribution in [0.1, 0.15) is 0 Å². The van der Waals surface area contributed by atoms with Crippen LogP contribution >= 0.6 is 0 Å². The summed E-state index contributed by atoms with van der Waals surface area (Å²) in [6.07, 6.45) is 0. The first-order valence-corrected chi connectivity index (χ1v) is 6.21. The van der Waals surface area contributed by atoms with Crippen molar-refractivity contribution >= 4 is 11.9 Å². The molecule has 0 saturated carbocycles. The lowest BCUT2D eigenvalue weighted by molar-refractivity contribution is -0.158. The summed E-state index contributed by atoms with van der Waals surface area (Å²) in [6, 6.07) is -0.839. The van der Waals surface area contributed by atoms with E-state index in [1.165, 1.54) is 4.90 Å². The van der Waals surface area contributed by atoms with Crippen molar-refractivity contribution < 1.29 is 19.4 Å². The molecule has 1 amide bonds. The van der Waals surface area contributed by atoms with Crippen molar-refractivity contribution in [2.45, 2.75) is 6.04 Å². The van der Waals surface area contributed by atoms with E-state index in [9.17, 15) is 9.59 Å². The Labute approximate surface area is 106 Å². The molecule has 2 aliphatic heterocycles. The Morgan fingerprint density at radius 2 is 2.00 bits per heavy atom. The molecular weight excluding hydrogens is 238 g/mol. The minimum Gasteiger partial charge on any atom is -0.480 e. The maximum atomic E-state index is 12.1. The zero-order valence-electron chi connectivity index (χ0n) is 10.3. The zero-order valence-corrected chi connectivity index (χ0v) is 10.3. The topological polar surface area (TPSA) is 82.1 Å². The maximum absolute atomic E-state index is 12.1. The highest BCUT2D eigenvalue weighted by Gasteiger charge is 2.33. The SMILES string of the molecule is O=C(O)C1COCCN1C(=O)CN1CCNCC1. The van der Waals surface area contributed by atoms with Gasteiger partial charge in [-0.2, -0.15) is 0 Å². The molecule has 2 saturated heterocycles. The van der Waals surface area contributed by atoms with Crippen LogP contribution in [-0.4, -0.2) is 85.3 Å². The molecule has 18 heavy (non-hydrogen) atoms. The Kier molecular flexibility index (Phi) is 4.51. The zero-order chi connectivity index (χ0) is 13.0. The quantitative estimate of drug-likeness (QED) is 0.621. The summed E-state index contributed by atoms with van der Waals surface area (Å²) < 4.78 is 5.12. The number of carbonyl (C=O) groups is 2. The second kappa shape index (κ2) is 6.12. The van der Waals surface area contributed by atoms with E-state index in [2.05, 4.69) is 5.32 Å². The Morgan fingerprint density at radius 3 is 2.67 bits per heavy atom. The molecule has 0 aromatic heterocycles. The van der Waals surface area contributed by atoms with Gasteiger partial charge in [0.2, 0.25) is 5.91 Å². The summed E-state index contributed by atoms with van der Waals surface area (Å²) in [6.45, 7) is 4.56. The third-order valence-corrected chi connectivity index (χ3v) is 3.30. The average Bonchev–Trinajstić information content (AvgIpc) is 2.40. The fourth-order valence-electron chi connectivity index (χ4n) is 2.26. The molecule has 1 atom stereocenters. The van der Waals surface area contributed by atoms with Gasteiger partial charge in [0.15, 0.2) is 6.04 Å². The Balaban J connectivity index is 1.91. The second-order valence-corrected chi connectivity index (χ2v) is 4.54. The number of nitrogens with one attached hydrogen (secondary N) is 1. The van der Waals surface area contributed by atoms with Gasteiger partial charge in [0, 0.05) is 32.7 Å². The summed E-state index contributed by atoms with van der Waals surface area (Å²) in [5.41, 5.74) is 0. The van der Waals surface area contributed by atoms with E-state index in [1.54, 1.807) is 0 Å². The van der Waals surface area contributed by atoms with E-state index in [-0.39, 0.29) is 12.5 Å². The highest BCUT2D eigenvalue weighted by atomic mass is 16.5. The molecule has 0 bridgehead atoms. The van der Waals surface area contributed by atoms with Crippen molar-refractivity contribution in [2.75, 3.05) is 52.5 Å². The monoisotopic (exact) mass is 257 g/mol. The van der Waals surface area contributed by atoms with E-state index < -0.39 is 12.0 Å². The minimum atomic E-state index is -0.997. The van der Waals surface area contributed by atoms with Gasteiger partial charge in [0.05, 0.1) is 19.8 Å². The summed E-state index contributed by atoms with van der Waals surface area (Å²) in [4.78, 5) is 26.7. The van der Waals surface area contributed by atoms with Crippen molar-refractivity contribution in [1.82, 2.24) is 15.1 Å². The van der Waals surface area contributed by atoms with Gasteiger partial charge >= 0.3 is 5.97 Å². The lowest BCUT2D eigenvalue weighted by atomic mass is 10.2. The molecule has 2 aliphatic rings. The van der Waals surface area contributed by atoms with Crippen molar-refractivity contribution in [3.05, 3.63) is 0 Å². The van der Waals surface area contributed by atoms with E-state index in [4.69, 9.17) is 9.84 Å². The molecule has 7 nitrogen and oxygen atoms in total. The fraction of sp³-hybridized carbons (Fsp3) is 0.818. The molecule has 1 unspecified atom stereocenters. The van der Waals surface area contributed by atoms with E-state index >= 15 is 0 Å². The van der Waals surface area contributed by atoms with Crippen LogP contribution in [0.15, 0.2) is 0 Å². The molecule has 2 N–H and O–H groups in total. The molecule has 0 spiro atoms. The third kappa shape index (κ3) is 3.18. The van der Waals surface area contributed by atoms with E-state index in [1.807, 2.05) is 4.90 Å². The number of carboxylic acids is 1. The molecule has 2 rings (SSSR count). The molecule has 0 aliphatic carbocycles. The molecule has 0 radical (unpaired) electrons. The number of hydrogen-bond acceptors (Lipinski definition) is 5. The van der Waals surface area contributed by atoms with E-state index in [0.717, 1.165) is 26.2 Å². The molecule has 2 heterocycles. The van der Waals surface area contributed by atoms with Crippen LogP contribution in [0.5, 0.6) is 0 Å². The molecule has 102 valence electrons. The summed E-state index contributed by atoms with van der Waals surface area (Å²) in [7, 11) is 0. The Bertz CT molecular complexity index is 317. The Hall–Kier alpha value is -1.18. The number of ether oxygens (including phenoxy) is 1. The van der Waals surface area contributed by atoms with Gasteiger partial charge < -0.3 is 20.1 Å². The van der Waals surface area contributed by atoms with Crippen molar-refractivity contribution in [3.8, 4) is 0 Å². The van der Waals surface area contributed by atoms with Gasteiger partial charge in [-0.25, -0.2) is 4.79 Å². The van der Waals surface area contributed by atoms with Crippen LogP contribution in [0, 0.1) is 0 Å². The average molecular weight is 257 g/mol. The fourth-order valence-corrected chi connectivity index (χ4v) is 2.26. The van der Waals surface area contributed by atoms with Crippen LogP contribution in [0.2, 0.25) is 0 Å². The maximum Gasteiger partial charge on any atom is 0.328 e. The van der Waals surface area contributed by atoms with Crippen LogP contribution in [0.25, 0.3) is 0 Å². The molecule has 0 aromatic rings. The lowest BCUT2D eigenvalue weighted by Crippen LogP contribution is -2.56. The first-order valence-electron chi connectivity index (χ1n) is 6.21. The standard InChI is InChI=1S/C11H19N3O4/c15-10(7-13-3-1-12-2-4-13)14-5-6-18-8-9(14)11(16)17/h9,12H,1-8H2,(H,16,17). The normalized spacial score (nSPS) is 26.0. The number of nitrogens with zero attached hydrogens (tertiary/aromatic N) is 2. The number of amides is 1. The number of piperazine rings is 1. The van der Waals surface area contributed by atoms with Crippen molar-refractivity contribution in [1.29, 1.82) is 0 Å².